The van der Waals surface area contributed by atoms with Gasteiger partial charge < -0.3 is 0 Å². The van der Waals surface area contributed by atoms with Gasteiger partial charge in [-0.1, -0.05) is 0 Å². The second-order valence-corrected chi connectivity index (χ2v) is 5.51. The van der Waals surface area contributed by atoms with Crippen molar-refractivity contribution in [1.29, 1.82) is 0 Å². The van der Waals surface area contributed by atoms with Crippen LogP contribution in [0.15, 0.2) is 0 Å². The van der Waals surface area contributed by atoms with E-state index in [-0.39, 0.29) is 41.7 Å². The Morgan fingerprint density at radius 3 is 1.25 bits per heavy atom. The minimum absolute atomic E-state index is 0. The van der Waals surface area contributed by atoms with Crippen LogP contribution in [0.3, 0.4) is 0 Å². The summed E-state index contributed by atoms with van der Waals surface area (Å²) >= 11 is -0.708. The summed E-state index contributed by atoms with van der Waals surface area (Å²) in [7, 11) is 8.79. The number of rotatable bonds is 0. The van der Waals surface area contributed by atoms with Crippen molar-refractivity contribution < 1.29 is 55.4 Å². The first-order chi connectivity index (χ1) is 1.41. The molecular weight excluding hydrogens is 270 g/mol. The Morgan fingerprint density at radius 1 is 1.25 bits per heavy atom. The van der Waals surface area contributed by atoms with Crippen molar-refractivity contribution in [2.75, 3.05) is 0 Å². The molecule has 0 amide bonds. The van der Waals surface area contributed by atoms with E-state index in [0.717, 1.165) is 0 Å². The molecule has 0 N–H and O–H groups in total. The van der Waals surface area contributed by atoms with Crippen molar-refractivity contribution in [3.8, 4) is 0 Å². The maximum absolute atomic E-state index is 4.40. The van der Waals surface area contributed by atoms with Crippen LogP contribution in [0, 0.1) is 41.7 Å². The first-order valence-corrected chi connectivity index (χ1v) is 9.00. The Morgan fingerprint density at radius 2 is 1.25 bits per heavy atom. The van der Waals surface area contributed by atoms with Gasteiger partial charge in [-0.05, 0) is 0 Å². The molecule has 18 valence electrons. The average Bonchev–Trinajstić information content (AvgIpc) is 0.918. The molecule has 0 saturated heterocycles. The molecule has 0 aromatic carbocycles. The van der Waals surface area contributed by atoms with Gasteiger partial charge >= 0.3 is 33.9 Å². The van der Waals surface area contributed by atoms with Gasteiger partial charge in [0.05, 0.1) is 0 Å². The molecule has 0 saturated carbocycles. The zero-order chi connectivity index (χ0) is 2.71. The van der Waals surface area contributed by atoms with E-state index in [0.29, 0.717) is 0 Å². The molecule has 0 spiro atoms. The van der Waals surface area contributed by atoms with Crippen molar-refractivity contribution in [1.82, 2.24) is 0 Å². The van der Waals surface area contributed by atoms with Crippen LogP contribution in [0.1, 0.15) is 0 Å². The van der Waals surface area contributed by atoms with Crippen molar-refractivity contribution in [2.45, 2.75) is 0 Å². The molecular formula is CeS2Zn. The molecule has 0 rings (SSSR count). The first-order valence-electron chi connectivity index (χ1n) is 0.577. The fourth-order valence-electron chi connectivity index (χ4n) is 0. The summed E-state index contributed by atoms with van der Waals surface area (Å²) in [6.45, 7) is 0. The number of hydrogen-bond donors (Lipinski definition) is 0. The summed E-state index contributed by atoms with van der Waals surface area (Å²) in [4.78, 5) is 0. The molecule has 0 radical (unpaired) electrons. The second kappa shape index (κ2) is 9.06. The third kappa shape index (κ3) is 8.83. The minimum atomic E-state index is -0.708. The molecule has 0 aliphatic rings. The fraction of sp³-hybridized carbons (Fsp3) is 0. The Bertz CT molecular complexity index is 27.0. The maximum atomic E-state index is 4.40. The van der Waals surface area contributed by atoms with Gasteiger partial charge in [0.1, 0.15) is 0 Å². The van der Waals surface area contributed by atoms with Crippen molar-refractivity contribution >= 4 is 20.2 Å². The Hall–Kier alpha value is 2.44. The van der Waals surface area contributed by atoms with Gasteiger partial charge in [0, 0.05) is 41.7 Å². The summed E-state index contributed by atoms with van der Waals surface area (Å²) in [6, 6.07) is 0. The van der Waals surface area contributed by atoms with Crippen LogP contribution in [0.5, 0.6) is 0 Å². The van der Waals surface area contributed by atoms with E-state index in [2.05, 4.69) is 20.2 Å². The van der Waals surface area contributed by atoms with Gasteiger partial charge in [0.25, 0.3) is 0 Å². The zero-order valence-electron chi connectivity index (χ0n) is 2.02. The monoisotopic (exact) mass is 268 g/mol. The third-order valence-electron chi connectivity index (χ3n) is 0. The molecule has 0 nitrogen and oxygen atoms in total. The van der Waals surface area contributed by atoms with Crippen LogP contribution in [0.25, 0.3) is 0 Å². The standard InChI is InChI=1S/Ce.2S.Zn. The van der Waals surface area contributed by atoms with Crippen LogP contribution in [0.4, 0.5) is 0 Å². The summed E-state index contributed by atoms with van der Waals surface area (Å²) in [5.74, 6) is 0. The average molecular weight is 270 g/mol. The Labute approximate surface area is 73.9 Å². The fourth-order valence-corrected chi connectivity index (χ4v) is 0. The number of hydrogen-bond acceptors (Lipinski definition) is 2. The first kappa shape index (κ1) is 9.67. The third-order valence-corrected chi connectivity index (χ3v) is 0. The van der Waals surface area contributed by atoms with Gasteiger partial charge in [-0.2, -0.15) is 0 Å². The topological polar surface area (TPSA) is 0 Å². The molecule has 0 bridgehead atoms. The summed E-state index contributed by atoms with van der Waals surface area (Å²) in [5.41, 5.74) is 0. The van der Waals surface area contributed by atoms with Crippen LogP contribution >= 0.6 is 20.2 Å². The molecule has 0 aliphatic heterocycles. The van der Waals surface area contributed by atoms with Crippen molar-refractivity contribution in [3.05, 3.63) is 0 Å². The van der Waals surface area contributed by atoms with E-state index in [1.54, 1.807) is 0 Å². The zero-order valence-corrected chi connectivity index (χ0v) is 9.76. The summed E-state index contributed by atoms with van der Waals surface area (Å²) in [5, 5.41) is 0. The summed E-state index contributed by atoms with van der Waals surface area (Å²) < 4.78 is 0. The van der Waals surface area contributed by atoms with Crippen molar-refractivity contribution in [3.63, 3.8) is 0 Å². The SMILES string of the molecule is [Ce].[S]=[Zn]=[S]. The van der Waals surface area contributed by atoms with Gasteiger partial charge in [-0.15, -0.1) is 0 Å². The Balaban J connectivity index is 0. The molecule has 4 heteroatoms. The summed E-state index contributed by atoms with van der Waals surface area (Å²) in [6.07, 6.45) is 0. The molecule has 0 atom stereocenters. The Kier molecular flexibility index (Phi) is 21.9. The van der Waals surface area contributed by atoms with Crippen molar-refractivity contribution in [2.24, 2.45) is 0 Å². The van der Waals surface area contributed by atoms with Crippen LogP contribution in [0.2, 0.25) is 0 Å². The van der Waals surface area contributed by atoms with Crippen LogP contribution in [-0.2, 0) is 13.6 Å². The van der Waals surface area contributed by atoms with Gasteiger partial charge in [0.2, 0.25) is 0 Å². The molecule has 0 unspecified atom stereocenters. The predicted molar refractivity (Wildman–Crippen MR) is 15.2 cm³/mol. The van der Waals surface area contributed by atoms with E-state index in [1.807, 2.05) is 0 Å². The van der Waals surface area contributed by atoms with E-state index in [1.165, 1.54) is 0 Å². The molecule has 0 aromatic heterocycles. The van der Waals surface area contributed by atoms with Gasteiger partial charge in [-0.25, -0.2) is 0 Å². The molecule has 4 heavy (non-hydrogen) atoms. The van der Waals surface area contributed by atoms with E-state index in [4.69, 9.17) is 0 Å². The van der Waals surface area contributed by atoms with Crippen LogP contribution in [-0.4, -0.2) is 0 Å². The van der Waals surface area contributed by atoms with E-state index in [9.17, 15) is 0 Å². The normalized spacial score (nSPS) is 5.00. The van der Waals surface area contributed by atoms with E-state index < -0.39 is 13.6 Å². The quantitative estimate of drug-likeness (QED) is 0.608. The molecule has 0 aromatic rings. The van der Waals surface area contributed by atoms with Gasteiger partial charge in [-0.3, -0.25) is 0 Å². The predicted octanol–water partition coefficient (Wildman–Crippen LogP) is 1.29. The molecule has 0 heterocycles. The van der Waals surface area contributed by atoms with Crippen LogP contribution < -0.4 is 0 Å². The second-order valence-electron chi connectivity index (χ2n) is 0.118. The molecule has 0 aliphatic carbocycles. The van der Waals surface area contributed by atoms with E-state index >= 15 is 0 Å². The van der Waals surface area contributed by atoms with Gasteiger partial charge in [0.15, 0.2) is 0 Å². The molecule has 0 fully saturated rings.